The molecule has 0 aromatic heterocycles. The number of rotatable bonds is 38. The monoisotopic (exact) mass is 729 g/mol. The first kappa shape index (κ1) is 49.4. The van der Waals surface area contributed by atoms with Gasteiger partial charge in [-0.05, 0) is 70.6 Å². The van der Waals surface area contributed by atoms with Gasteiger partial charge in [0.1, 0.15) is 13.2 Å². The minimum absolute atomic E-state index is 0.0861. The highest BCUT2D eigenvalue weighted by Gasteiger charge is 2.19. The molecule has 0 bridgehead atoms. The molecule has 6 heteroatoms. The molecule has 0 amide bonds. The first-order valence-corrected chi connectivity index (χ1v) is 21.6. The molecule has 0 saturated carbocycles. The van der Waals surface area contributed by atoms with Crippen LogP contribution in [0.1, 0.15) is 207 Å². The molecule has 0 saturated heterocycles. The molecular formula is C46H80O6. The van der Waals surface area contributed by atoms with Crippen LogP contribution in [0.5, 0.6) is 0 Å². The van der Waals surface area contributed by atoms with E-state index < -0.39 is 6.10 Å². The van der Waals surface area contributed by atoms with Gasteiger partial charge >= 0.3 is 17.9 Å². The molecule has 52 heavy (non-hydrogen) atoms. The van der Waals surface area contributed by atoms with E-state index in [1.807, 2.05) is 0 Å². The van der Waals surface area contributed by atoms with E-state index in [-0.39, 0.29) is 31.1 Å². The summed E-state index contributed by atoms with van der Waals surface area (Å²) in [6, 6.07) is 0. The second kappa shape index (κ2) is 41.1. The highest BCUT2D eigenvalue weighted by molar-refractivity contribution is 5.71. The molecule has 0 aliphatic rings. The van der Waals surface area contributed by atoms with Crippen LogP contribution in [-0.2, 0) is 28.6 Å². The van der Waals surface area contributed by atoms with Crippen molar-refractivity contribution in [2.24, 2.45) is 0 Å². The summed E-state index contributed by atoms with van der Waals surface area (Å²) in [6.07, 6.45) is 46.7. The topological polar surface area (TPSA) is 78.9 Å². The van der Waals surface area contributed by atoms with Crippen LogP contribution in [0, 0.1) is 0 Å². The van der Waals surface area contributed by atoms with Crippen LogP contribution in [-0.4, -0.2) is 37.2 Å². The van der Waals surface area contributed by atoms with E-state index in [2.05, 4.69) is 69.4 Å². The van der Waals surface area contributed by atoms with E-state index in [1.54, 1.807) is 0 Å². The van der Waals surface area contributed by atoms with Gasteiger partial charge in [0.25, 0.3) is 0 Å². The lowest BCUT2D eigenvalue weighted by Crippen LogP contribution is -2.30. The summed E-state index contributed by atoms with van der Waals surface area (Å²) in [5, 5.41) is 0. The van der Waals surface area contributed by atoms with Crippen LogP contribution >= 0.6 is 0 Å². The third-order valence-corrected chi connectivity index (χ3v) is 9.05. The molecule has 1 atom stereocenters. The fourth-order valence-electron chi connectivity index (χ4n) is 5.81. The molecule has 6 nitrogen and oxygen atoms in total. The zero-order valence-corrected chi connectivity index (χ0v) is 34.1. The lowest BCUT2D eigenvalue weighted by atomic mass is 10.1. The summed E-state index contributed by atoms with van der Waals surface area (Å²) in [7, 11) is 0. The van der Waals surface area contributed by atoms with E-state index in [9.17, 15) is 14.4 Å². The number of esters is 3. The Balaban J connectivity index is 4.42. The molecule has 0 rings (SSSR count). The Hall–Kier alpha value is -2.63. The van der Waals surface area contributed by atoms with Crippen molar-refractivity contribution < 1.29 is 28.6 Å². The summed E-state index contributed by atoms with van der Waals surface area (Å²) in [5.74, 6) is -0.930. The van der Waals surface area contributed by atoms with Crippen LogP contribution in [0.25, 0.3) is 0 Å². The van der Waals surface area contributed by atoms with Gasteiger partial charge in [0.15, 0.2) is 6.10 Å². The Bertz CT molecular complexity index is 933. The van der Waals surface area contributed by atoms with Crippen molar-refractivity contribution in [2.45, 2.75) is 213 Å². The molecule has 0 aromatic carbocycles. The number of allylic oxidation sites excluding steroid dienone is 8. The van der Waals surface area contributed by atoms with Gasteiger partial charge in [-0.15, -0.1) is 0 Å². The van der Waals surface area contributed by atoms with Crippen molar-refractivity contribution in [3.63, 3.8) is 0 Å². The molecule has 0 aliphatic carbocycles. The van der Waals surface area contributed by atoms with Crippen molar-refractivity contribution in [3.8, 4) is 0 Å². The maximum Gasteiger partial charge on any atom is 0.306 e. The Morgan fingerprint density at radius 1 is 0.404 bits per heavy atom. The van der Waals surface area contributed by atoms with E-state index >= 15 is 0 Å². The van der Waals surface area contributed by atoms with Gasteiger partial charge in [0, 0.05) is 19.3 Å². The van der Waals surface area contributed by atoms with Gasteiger partial charge in [0.2, 0.25) is 0 Å². The van der Waals surface area contributed by atoms with Gasteiger partial charge in [0.05, 0.1) is 0 Å². The fraction of sp³-hybridized carbons (Fsp3) is 0.761. The Morgan fingerprint density at radius 3 is 1.29 bits per heavy atom. The normalized spacial score (nSPS) is 12.4. The lowest BCUT2D eigenvalue weighted by Gasteiger charge is -2.18. The SMILES string of the molecule is CC/C=C\C/C=C\C/C=C\CCCCCC(=O)OCC(COC(=O)CCCCCCC/C=C\CCC)OC(=O)CCCCCCCCCCCCC. The number of hydrogen-bond acceptors (Lipinski definition) is 6. The molecule has 300 valence electrons. The van der Waals surface area contributed by atoms with Crippen molar-refractivity contribution in [3.05, 3.63) is 48.6 Å². The quantitative estimate of drug-likeness (QED) is 0.0272. The van der Waals surface area contributed by atoms with Crippen LogP contribution in [0.4, 0.5) is 0 Å². The Labute approximate surface area is 320 Å². The Kier molecular flexibility index (Phi) is 39.1. The number of unbranched alkanes of at least 4 members (excludes halogenated alkanes) is 19. The first-order chi connectivity index (χ1) is 25.5. The summed E-state index contributed by atoms with van der Waals surface area (Å²) in [5.41, 5.74) is 0. The van der Waals surface area contributed by atoms with Crippen molar-refractivity contribution >= 4 is 17.9 Å². The zero-order chi connectivity index (χ0) is 38.0. The largest absolute Gasteiger partial charge is 0.462 e. The average Bonchev–Trinajstić information content (AvgIpc) is 3.14. The molecule has 1 unspecified atom stereocenters. The number of carbonyl (C=O) groups is 3. The highest BCUT2D eigenvalue weighted by atomic mass is 16.6. The van der Waals surface area contributed by atoms with Gasteiger partial charge < -0.3 is 14.2 Å². The van der Waals surface area contributed by atoms with Gasteiger partial charge in [-0.1, -0.05) is 166 Å². The van der Waals surface area contributed by atoms with Crippen LogP contribution in [0.15, 0.2) is 48.6 Å². The van der Waals surface area contributed by atoms with Crippen molar-refractivity contribution in [2.75, 3.05) is 13.2 Å². The summed E-state index contributed by atoms with van der Waals surface area (Å²) < 4.78 is 16.6. The molecule has 0 radical (unpaired) electrons. The predicted octanol–water partition coefficient (Wildman–Crippen LogP) is 13.6. The summed E-state index contributed by atoms with van der Waals surface area (Å²) in [4.78, 5) is 37.6. The standard InChI is InChI=1S/C46H80O6/c1-4-7-10-13-16-19-22-23-25-27-30-33-36-39-45(48)51-42-43(41-50-44(47)38-35-32-29-26-21-18-15-12-9-6-3)52-46(49)40-37-34-31-28-24-20-17-14-11-8-5-2/h7,10,12,15-16,19,23,25,43H,4-6,8-9,11,13-14,17-18,20-22,24,26-42H2,1-3H3/b10-7-,15-12-,19-16-,25-23-. The van der Waals surface area contributed by atoms with Gasteiger partial charge in [-0.2, -0.15) is 0 Å². The maximum atomic E-state index is 12.7. The highest BCUT2D eigenvalue weighted by Crippen LogP contribution is 2.14. The smallest absolute Gasteiger partial charge is 0.306 e. The Morgan fingerprint density at radius 2 is 0.788 bits per heavy atom. The van der Waals surface area contributed by atoms with E-state index in [0.29, 0.717) is 19.3 Å². The van der Waals surface area contributed by atoms with Gasteiger partial charge in [-0.3, -0.25) is 14.4 Å². The van der Waals surface area contributed by atoms with Crippen molar-refractivity contribution in [1.82, 2.24) is 0 Å². The number of ether oxygens (including phenoxy) is 3. The molecule has 0 spiro atoms. The van der Waals surface area contributed by atoms with E-state index in [4.69, 9.17) is 14.2 Å². The van der Waals surface area contributed by atoms with Crippen LogP contribution < -0.4 is 0 Å². The van der Waals surface area contributed by atoms with Crippen LogP contribution in [0.2, 0.25) is 0 Å². The fourth-order valence-corrected chi connectivity index (χ4v) is 5.81. The maximum absolute atomic E-state index is 12.7. The summed E-state index contributed by atoms with van der Waals surface area (Å²) in [6.45, 7) is 6.40. The molecule has 0 fully saturated rings. The first-order valence-electron chi connectivity index (χ1n) is 21.6. The average molecular weight is 729 g/mol. The van der Waals surface area contributed by atoms with Gasteiger partial charge in [-0.25, -0.2) is 0 Å². The third-order valence-electron chi connectivity index (χ3n) is 9.05. The van der Waals surface area contributed by atoms with Crippen molar-refractivity contribution in [1.29, 1.82) is 0 Å². The molecule has 0 aromatic rings. The van der Waals surface area contributed by atoms with E-state index in [0.717, 1.165) is 96.3 Å². The lowest BCUT2D eigenvalue weighted by molar-refractivity contribution is -0.167. The number of carbonyl (C=O) groups excluding carboxylic acids is 3. The minimum Gasteiger partial charge on any atom is -0.462 e. The summed E-state index contributed by atoms with van der Waals surface area (Å²) >= 11 is 0. The minimum atomic E-state index is -0.782. The predicted molar refractivity (Wildman–Crippen MR) is 219 cm³/mol. The molecule has 0 heterocycles. The third kappa shape index (κ3) is 38.6. The zero-order valence-electron chi connectivity index (χ0n) is 34.1. The number of hydrogen-bond donors (Lipinski definition) is 0. The molecular weight excluding hydrogens is 648 g/mol. The second-order valence-corrected chi connectivity index (χ2v) is 14.2. The van der Waals surface area contributed by atoms with E-state index in [1.165, 1.54) is 70.6 Å². The molecule has 0 N–H and O–H groups in total. The van der Waals surface area contributed by atoms with Crippen LogP contribution in [0.3, 0.4) is 0 Å². The second-order valence-electron chi connectivity index (χ2n) is 14.2. The molecule has 0 aliphatic heterocycles.